The van der Waals surface area contributed by atoms with Crippen molar-refractivity contribution in [1.29, 1.82) is 0 Å². The number of ether oxygens (including phenoxy) is 3. The molecule has 2 aliphatic rings. The Morgan fingerprint density at radius 1 is 1.09 bits per heavy atom. The van der Waals surface area contributed by atoms with Gasteiger partial charge >= 0.3 is 0 Å². The highest BCUT2D eigenvalue weighted by atomic mass is 35.5. The van der Waals surface area contributed by atoms with E-state index >= 15 is 0 Å². The zero-order valence-corrected chi connectivity index (χ0v) is 20.1. The molecule has 4 atom stereocenters. The van der Waals surface area contributed by atoms with Crippen molar-refractivity contribution in [3.8, 4) is 0 Å². The number of anilines is 1. The molecule has 3 aromatic heterocycles. The molecule has 176 valence electrons. The lowest BCUT2D eigenvalue weighted by Crippen LogP contribution is -2.29. The SMILES string of the molecule is CC1(C)OC2[C@@H](O1)[C@H](n1ccc3c(Cl)ncnc31)O[C@@H]2CCc1ccc2cc(Cl)c(N)nc2c1. The van der Waals surface area contributed by atoms with E-state index in [9.17, 15) is 0 Å². The fraction of sp³-hybridized carbons (Fsp3) is 0.375. The smallest absolute Gasteiger partial charge is 0.164 e. The van der Waals surface area contributed by atoms with E-state index in [0.29, 0.717) is 21.6 Å². The van der Waals surface area contributed by atoms with Gasteiger partial charge in [0.2, 0.25) is 0 Å². The van der Waals surface area contributed by atoms with Crippen LogP contribution in [0.25, 0.3) is 21.9 Å². The van der Waals surface area contributed by atoms with Gasteiger partial charge in [0.15, 0.2) is 12.0 Å². The molecule has 0 bridgehead atoms. The number of halogens is 2. The van der Waals surface area contributed by atoms with Crippen LogP contribution in [0.15, 0.2) is 42.9 Å². The molecule has 34 heavy (non-hydrogen) atoms. The first-order chi connectivity index (χ1) is 16.3. The summed E-state index contributed by atoms with van der Waals surface area (Å²) in [6.45, 7) is 3.85. The quantitative estimate of drug-likeness (QED) is 0.398. The number of nitrogens with two attached hydrogens (primary N) is 1. The van der Waals surface area contributed by atoms with Gasteiger partial charge in [-0.2, -0.15) is 0 Å². The number of aromatic nitrogens is 4. The van der Waals surface area contributed by atoms with Crippen LogP contribution in [0.5, 0.6) is 0 Å². The van der Waals surface area contributed by atoms with Gasteiger partial charge in [0, 0.05) is 11.6 Å². The third kappa shape index (κ3) is 3.70. The highest BCUT2D eigenvalue weighted by Gasteiger charge is 2.55. The summed E-state index contributed by atoms with van der Waals surface area (Å²) in [6.07, 6.45) is 3.87. The molecule has 10 heteroatoms. The molecular formula is C24H23Cl2N5O3. The number of pyridine rings is 1. The van der Waals surface area contributed by atoms with Crippen LogP contribution < -0.4 is 5.73 Å². The number of benzene rings is 1. The van der Waals surface area contributed by atoms with Gasteiger partial charge in [-0.15, -0.1) is 0 Å². The van der Waals surface area contributed by atoms with Crippen LogP contribution in [-0.2, 0) is 20.6 Å². The van der Waals surface area contributed by atoms with Gasteiger partial charge in [-0.3, -0.25) is 0 Å². The fourth-order valence-corrected chi connectivity index (χ4v) is 5.28. The van der Waals surface area contributed by atoms with Gasteiger partial charge in [-0.25, -0.2) is 15.0 Å². The second-order valence-electron chi connectivity index (χ2n) is 9.18. The second-order valence-corrected chi connectivity index (χ2v) is 9.94. The van der Waals surface area contributed by atoms with Gasteiger partial charge in [-0.1, -0.05) is 35.3 Å². The number of rotatable bonds is 4. The topological polar surface area (TPSA) is 97.3 Å². The molecular weight excluding hydrogens is 477 g/mol. The molecule has 6 rings (SSSR count). The number of aryl methyl sites for hydroxylation is 1. The molecule has 0 radical (unpaired) electrons. The van der Waals surface area contributed by atoms with Crippen LogP contribution in [-0.4, -0.2) is 43.6 Å². The fourth-order valence-electron chi connectivity index (χ4n) is 4.93. The summed E-state index contributed by atoms with van der Waals surface area (Å²) in [5.41, 5.74) is 8.55. The van der Waals surface area contributed by atoms with E-state index in [0.717, 1.165) is 34.7 Å². The summed E-state index contributed by atoms with van der Waals surface area (Å²) >= 11 is 12.4. The summed E-state index contributed by atoms with van der Waals surface area (Å²) in [6, 6.07) is 9.86. The molecule has 1 aromatic carbocycles. The Morgan fingerprint density at radius 2 is 1.91 bits per heavy atom. The minimum Gasteiger partial charge on any atom is -0.382 e. The zero-order valence-electron chi connectivity index (χ0n) is 18.6. The van der Waals surface area contributed by atoms with Crippen LogP contribution in [0.4, 0.5) is 5.82 Å². The van der Waals surface area contributed by atoms with E-state index in [1.165, 1.54) is 6.33 Å². The number of fused-ring (bicyclic) bond motifs is 3. The van der Waals surface area contributed by atoms with E-state index in [1.807, 2.05) is 48.9 Å². The predicted molar refractivity (Wildman–Crippen MR) is 130 cm³/mol. The average molecular weight is 500 g/mol. The maximum atomic E-state index is 6.51. The Morgan fingerprint density at radius 3 is 2.76 bits per heavy atom. The van der Waals surface area contributed by atoms with Gasteiger partial charge in [-0.05, 0) is 50.5 Å². The van der Waals surface area contributed by atoms with Gasteiger partial charge in [0.25, 0.3) is 0 Å². The highest BCUT2D eigenvalue weighted by molar-refractivity contribution is 6.34. The first-order valence-electron chi connectivity index (χ1n) is 11.1. The predicted octanol–water partition coefficient (Wildman–Crippen LogP) is 4.92. The van der Waals surface area contributed by atoms with Crippen molar-refractivity contribution in [3.05, 3.63) is 58.6 Å². The van der Waals surface area contributed by atoms with Crippen molar-refractivity contribution < 1.29 is 14.2 Å². The van der Waals surface area contributed by atoms with Gasteiger partial charge in [0.05, 0.1) is 22.0 Å². The second kappa shape index (κ2) is 8.03. The van der Waals surface area contributed by atoms with Crippen LogP contribution in [0.2, 0.25) is 10.2 Å². The van der Waals surface area contributed by atoms with E-state index in [1.54, 1.807) is 0 Å². The molecule has 2 aliphatic heterocycles. The van der Waals surface area contributed by atoms with Crippen LogP contribution >= 0.6 is 23.2 Å². The molecule has 2 fully saturated rings. The van der Waals surface area contributed by atoms with Crippen LogP contribution in [0.1, 0.15) is 32.1 Å². The number of nitrogen functional groups attached to an aromatic ring is 1. The lowest BCUT2D eigenvalue weighted by Gasteiger charge is -2.25. The lowest BCUT2D eigenvalue weighted by molar-refractivity contribution is -0.196. The third-order valence-electron chi connectivity index (χ3n) is 6.44. The largest absolute Gasteiger partial charge is 0.382 e. The number of hydrogen-bond donors (Lipinski definition) is 1. The molecule has 0 saturated carbocycles. The molecule has 2 saturated heterocycles. The minimum atomic E-state index is -0.700. The summed E-state index contributed by atoms with van der Waals surface area (Å²) in [5, 5.41) is 2.59. The van der Waals surface area contributed by atoms with E-state index in [4.69, 9.17) is 43.1 Å². The van der Waals surface area contributed by atoms with Crippen molar-refractivity contribution in [3.63, 3.8) is 0 Å². The first kappa shape index (κ1) is 22.0. The van der Waals surface area contributed by atoms with Gasteiger partial charge in [0.1, 0.15) is 35.2 Å². The van der Waals surface area contributed by atoms with Crippen molar-refractivity contribution in [2.24, 2.45) is 0 Å². The van der Waals surface area contributed by atoms with Crippen LogP contribution in [0.3, 0.4) is 0 Å². The van der Waals surface area contributed by atoms with E-state index in [-0.39, 0.29) is 24.5 Å². The molecule has 8 nitrogen and oxygen atoms in total. The molecule has 0 amide bonds. The standard InChI is InChI=1S/C24H23Cl2N5O3/c1-24(2)33-18-17(6-4-12-3-5-13-10-15(25)21(27)30-16(13)9-12)32-23(19(18)34-24)31-8-7-14-20(26)28-11-29-22(14)31/h3,5,7-11,17-19,23H,4,6H2,1-2H3,(H2,27,30)/t17-,18?,19-,23-/m1/s1. The van der Waals surface area contributed by atoms with E-state index < -0.39 is 5.79 Å². The molecule has 5 heterocycles. The Labute approximate surface area is 205 Å². The monoisotopic (exact) mass is 499 g/mol. The average Bonchev–Trinajstić information content (AvgIpc) is 3.45. The van der Waals surface area contributed by atoms with Crippen molar-refractivity contribution in [1.82, 2.24) is 19.5 Å². The van der Waals surface area contributed by atoms with E-state index in [2.05, 4.69) is 21.0 Å². The van der Waals surface area contributed by atoms with Gasteiger partial charge < -0.3 is 24.5 Å². The molecule has 0 spiro atoms. The molecule has 1 unspecified atom stereocenters. The number of hydrogen-bond acceptors (Lipinski definition) is 7. The lowest BCUT2D eigenvalue weighted by atomic mass is 10.0. The summed E-state index contributed by atoms with van der Waals surface area (Å²) in [5.74, 6) is -0.368. The highest BCUT2D eigenvalue weighted by Crippen LogP contribution is 2.45. The Kier molecular flexibility index (Phi) is 5.20. The summed E-state index contributed by atoms with van der Waals surface area (Å²) in [7, 11) is 0. The molecule has 0 aliphatic carbocycles. The number of nitrogens with zero attached hydrogens (tertiary/aromatic N) is 4. The molecule has 4 aromatic rings. The minimum absolute atomic E-state index is 0.162. The normalized spacial score (nSPS) is 25.9. The van der Waals surface area contributed by atoms with Crippen molar-refractivity contribution >= 4 is 51.0 Å². The maximum Gasteiger partial charge on any atom is 0.164 e. The van der Waals surface area contributed by atoms with Crippen molar-refractivity contribution in [2.45, 2.75) is 57.0 Å². The molecule has 2 N–H and O–H groups in total. The van der Waals surface area contributed by atoms with Crippen molar-refractivity contribution in [2.75, 3.05) is 5.73 Å². The first-order valence-corrected chi connectivity index (χ1v) is 11.9. The zero-order chi connectivity index (χ0) is 23.6. The Bertz CT molecular complexity index is 1410. The summed E-state index contributed by atoms with van der Waals surface area (Å²) in [4.78, 5) is 12.9. The Balaban J connectivity index is 1.27. The maximum absolute atomic E-state index is 6.51. The van der Waals surface area contributed by atoms with Crippen LogP contribution in [0, 0.1) is 0 Å². The third-order valence-corrected chi connectivity index (χ3v) is 7.04. The summed E-state index contributed by atoms with van der Waals surface area (Å²) < 4.78 is 21.0. The Hall–Kier alpha value is -2.49.